The first-order chi connectivity index (χ1) is 15.0. The summed E-state index contributed by atoms with van der Waals surface area (Å²) in [5.41, 5.74) is 3.98. The minimum Gasteiger partial charge on any atom is -0.457 e. The van der Waals surface area contributed by atoms with E-state index < -0.39 is 0 Å². The average molecular weight is 420 g/mol. The first-order valence-corrected chi connectivity index (χ1v) is 10.3. The fourth-order valence-corrected chi connectivity index (χ4v) is 3.12. The fraction of sp³-hybridized carbons (Fsp3) is 0.200. The number of nitrogens with one attached hydrogen (secondary N) is 1. The van der Waals surface area contributed by atoms with E-state index >= 15 is 0 Å². The summed E-state index contributed by atoms with van der Waals surface area (Å²) in [7, 11) is 0. The highest BCUT2D eigenvalue weighted by Gasteiger charge is 2.16. The molecule has 160 valence electrons. The van der Waals surface area contributed by atoms with Crippen LogP contribution in [0.2, 0.25) is 0 Å². The van der Waals surface area contributed by atoms with Gasteiger partial charge < -0.3 is 10.1 Å². The summed E-state index contributed by atoms with van der Waals surface area (Å²) in [6.45, 7) is 8.19. The van der Waals surface area contributed by atoms with E-state index in [0.717, 1.165) is 16.8 Å². The number of rotatable bonds is 5. The van der Waals surface area contributed by atoms with Gasteiger partial charge in [-0.1, -0.05) is 32.0 Å². The maximum Gasteiger partial charge on any atom is 0.270 e. The van der Waals surface area contributed by atoms with Gasteiger partial charge >= 0.3 is 0 Å². The molecule has 4 rings (SSSR count). The number of amides is 1. The first-order valence-electron chi connectivity index (χ1n) is 10.3. The molecule has 2 aromatic heterocycles. The molecule has 0 unspecified atom stereocenters. The van der Waals surface area contributed by atoms with Gasteiger partial charge in [0.2, 0.25) is 0 Å². The van der Waals surface area contributed by atoms with Gasteiger partial charge in [0.05, 0.1) is 5.69 Å². The standard InChI is InChI=1S/C23H20FN3O2.C2H6/c1-15-3-12-21-26-16(2)22(27(21)14-15)23(28)25-13-17-4-8-19(9-5-17)29-20-10-6-18(24)7-11-20;1-2/h3-12,14H,13H2,1-2H3,(H,25,28);1-2H3. The normalized spacial score (nSPS) is 10.4. The number of aromatic nitrogens is 2. The number of pyridine rings is 1. The van der Waals surface area contributed by atoms with Crippen LogP contribution in [0.5, 0.6) is 11.5 Å². The van der Waals surface area contributed by atoms with Crippen molar-refractivity contribution in [2.24, 2.45) is 0 Å². The highest BCUT2D eigenvalue weighted by Crippen LogP contribution is 2.22. The average Bonchev–Trinajstić information content (AvgIpc) is 3.11. The van der Waals surface area contributed by atoms with Gasteiger partial charge in [0.1, 0.15) is 28.7 Å². The maximum absolute atomic E-state index is 13.0. The number of fused-ring (bicyclic) bond motifs is 1. The largest absolute Gasteiger partial charge is 0.457 e. The van der Waals surface area contributed by atoms with Crippen molar-refractivity contribution in [1.82, 2.24) is 14.7 Å². The molecule has 1 amide bonds. The van der Waals surface area contributed by atoms with Crippen LogP contribution in [0.4, 0.5) is 4.39 Å². The molecule has 0 radical (unpaired) electrons. The molecule has 31 heavy (non-hydrogen) atoms. The van der Waals surface area contributed by atoms with Crippen LogP contribution in [-0.2, 0) is 6.54 Å². The predicted octanol–water partition coefficient (Wildman–Crippen LogP) is 5.84. The molecule has 1 N–H and O–H groups in total. The van der Waals surface area contributed by atoms with Crippen LogP contribution >= 0.6 is 0 Å². The quantitative estimate of drug-likeness (QED) is 0.442. The number of carbonyl (C=O) groups excluding carboxylic acids is 1. The summed E-state index contributed by atoms with van der Waals surface area (Å²) in [4.78, 5) is 17.2. The van der Waals surface area contributed by atoms with Gasteiger partial charge in [-0.25, -0.2) is 9.37 Å². The number of hydrogen-bond donors (Lipinski definition) is 1. The van der Waals surface area contributed by atoms with Crippen LogP contribution in [0.3, 0.4) is 0 Å². The lowest BCUT2D eigenvalue weighted by atomic mass is 10.2. The molecular formula is C25H26FN3O2. The Balaban J connectivity index is 0.00000132. The van der Waals surface area contributed by atoms with E-state index in [0.29, 0.717) is 29.4 Å². The molecule has 6 heteroatoms. The molecule has 0 saturated heterocycles. The Labute approximate surface area is 181 Å². The van der Waals surface area contributed by atoms with Gasteiger partial charge in [-0.05, 0) is 67.4 Å². The monoisotopic (exact) mass is 419 g/mol. The van der Waals surface area contributed by atoms with E-state index in [-0.39, 0.29) is 11.7 Å². The second-order valence-corrected chi connectivity index (χ2v) is 6.86. The van der Waals surface area contributed by atoms with Gasteiger partial charge in [0, 0.05) is 12.7 Å². The summed E-state index contributed by atoms with van der Waals surface area (Å²) >= 11 is 0. The second kappa shape index (κ2) is 9.89. The van der Waals surface area contributed by atoms with E-state index in [1.54, 1.807) is 12.1 Å². The number of hydrogen-bond acceptors (Lipinski definition) is 3. The smallest absolute Gasteiger partial charge is 0.270 e. The minimum atomic E-state index is -0.306. The van der Waals surface area contributed by atoms with Crippen LogP contribution in [-0.4, -0.2) is 15.3 Å². The van der Waals surface area contributed by atoms with Crippen LogP contribution in [0, 0.1) is 19.7 Å². The van der Waals surface area contributed by atoms with Crippen molar-refractivity contribution in [1.29, 1.82) is 0 Å². The van der Waals surface area contributed by atoms with Gasteiger partial charge in [-0.2, -0.15) is 0 Å². The molecule has 0 saturated carbocycles. The van der Waals surface area contributed by atoms with Gasteiger partial charge in [-0.15, -0.1) is 0 Å². The van der Waals surface area contributed by atoms with Crippen molar-refractivity contribution >= 4 is 11.6 Å². The Bertz CT molecular complexity index is 1170. The Hall–Kier alpha value is -3.67. The lowest BCUT2D eigenvalue weighted by Crippen LogP contribution is -2.25. The number of ether oxygens (including phenoxy) is 1. The van der Waals surface area contributed by atoms with E-state index in [1.807, 2.05) is 74.7 Å². The van der Waals surface area contributed by atoms with E-state index in [4.69, 9.17) is 4.74 Å². The van der Waals surface area contributed by atoms with Crippen LogP contribution in [0.1, 0.15) is 41.2 Å². The van der Waals surface area contributed by atoms with E-state index in [9.17, 15) is 9.18 Å². The van der Waals surface area contributed by atoms with Crippen LogP contribution in [0.15, 0.2) is 66.9 Å². The lowest BCUT2D eigenvalue weighted by Gasteiger charge is -2.09. The Kier molecular flexibility index (Phi) is 7.03. The zero-order valence-electron chi connectivity index (χ0n) is 18.1. The van der Waals surface area contributed by atoms with Crippen molar-refractivity contribution in [3.63, 3.8) is 0 Å². The zero-order chi connectivity index (χ0) is 22.4. The van der Waals surface area contributed by atoms with Gasteiger partial charge in [-0.3, -0.25) is 9.20 Å². The number of benzene rings is 2. The topological polar surface area (TPSA) is 55.6 Å². The third-order valence-corrected chi connectivity index (χ3v) is 4.58. The van der Waals surface area contributed by atoms with E-state index in [2.05, 4.69) is 10.3 Å². The zero-order valence-corrected chi connectivity index (χ0v) is 18.1. The summed E-state index contributed by atoms with van der Waals surface area (Å²) in [6.07, 6.45) is 1.91. The molecule has 0 aliphatic heterocycles. The Morgan fingerprint density at radius 1 is 0.968 bits per heavy atom. The third kappa shape index (κ3) is 5.28. The van der Waals surface area contributed by atoms with Crippen molar-refractivity contribution < 1.29 is 13.9 Å². The molecule has 0 aliphatic carbocycles. The number of carbonyl (C=O) groups is 1. The molecule has 0 aliphatic rings. The van der Waals surface area contributed by atoms with Crippen molar-refractivity contribution in [2.75, 3.05) is 0 Å². The highest BCUT2D eigenvalue weighted by atomic mass is 19.1. The van der Waals surface area contributed by atoms with Crippen molar-refractivity contribution in [3.8, 4) is 11.5 Å². The first kappa shape index (κ1) is 22.0. The molecular weight excluding hydrogens is 393 g/mol. The second-order valence-electron chi connectivity index (χ2n) is 6.86. The molecule has 4 aromatic rings. The molecule has 0 spiro atoms. The van der Waals surface area contributed by atoms with Crippen molar-refractivity contribution in [3.05, 3.63) is 95.2 Å². The number of aryl methyl sites for hydroxylation is 2. The van der Waals surface area contributed by atoms with Gasteiger partial charge in [0.25, 0.3) is 5.91 Å². The maximum atomic E-state index is 13.0. The summed E-state index contributed by atoms with van der Waals surface area (Å²) in [6, 6.07) is 17.1. The predicted molar refractivity (Wildman–Crippen MR) is 120 cm³/mol. The highest BCUT2D eigenvalue weighted by molar-refractivity contribution is 5.94. The number of imidazole rings is 1. The van der Waals surface area contributed by atoms with Crippen LogP contribution < -0.4 is 10.1 Å². The molecule has 2 heterocycles. The Morgan fingerprint density at radius 3 is 2.23 bits per heavy atom. The molecule has 0 fully saturated rings. The molecule has 0 bridgehead atoms. The van der Waals surface area contributed by atoms with Crippen LogP contribution in [0.25, 0.3) is 5.65 Å². The minimum absolute atomic E-state index is 0.174. The summed E-state index contributed by atoms with van der Waals surface area (Å²) in [5, 5.41) is 2.95. The van der Waals surface area contributed by atoms with Crippen molar-refractivity contribution in [2.45, 2.75) is 34.2 Å². The number of halogens is 1. The number of nitrogens with zero attached hydrogens (tertiary/aromatic N) is 2. The SMILES string of the molecule is CC.Cc1ccc2nc(C)c(C(=O)NCc3ccc(Oc4ccc(F)cc4)cc3)n2c1. The molecule has 0 atom stereocenters. The van der Waals surface area contributed by atoms with E-state index in [1.165, 1.54) is 12.1 Å². The summed E-state index contributed by atoms with van der Waals surface area (Å²) < 4.78 is 20.5. The third-order valence-electron chi connectivity index (χ3n) is 4.58. The molecule has 2 aromatic carbocycles. The van der Waals surface area contributed by atoms with Gasteiger partial charge in [0.15, 0.2) is 0 Å². The summed E-state index contributed by atoms with van der Waals surface area (Å²) in [5.74, 6) is 0.720. The molecule has 5 nitrogen and oxygen atoms in total. The fourth-order valence-electron chi connectivity index (χ4n) is 3.12. The Morgan fingerprint density at radius 2 is 1.58 bits per heavy atom. The lowest BCUT2D eigenvalue weighted by molar-refractivity contribution is 0.0944.